The maximum absolute atomic E-state index is 12.5. The second-order valence-electron chi connectivity index (χ2n) is 5.72. The van der Waals surface area contributed by atoms with Gasteiger partial charge in [-0.05, 0) is 44.0 Å². The molecule has 1 saturated heterocycles. The number of nitrogens with one attached hydrogen (secondary N) is 1. The quantitative estimate of drug-likeness (QED) is 0.767. The summed E-state index contributed by atoms with van der Waals surface area (Å²) < 4.78 is 10.5. The van der Waals surface area contributed by atoms with E-state index in [0.29, 0.717) is 37.6 Å². The minimum absolute atomic E-state index is 0.0237. The van der Waals surface area contributed by atoms with Gasteiger partial charge in [0.1, 0.15) is 0 Å². The van der Waals surface area contributed by atoms with E-state index in [-0.39, 0.29) is 18.6 Å². The van der Waals surface area contributed by atoms with Crippen molar-refractivity contribution in [3.63, 3.8) is 0 Å². The molecule has 0 spiro atoms. The van der Waals surface area contributed by atoms with Gasteiger partial charge in [-0.2, -0.15) is 5.26 Å². The smallest absolute Gasteiger partial charge is 0.338 e. The van der Waals surface area contributed by atoms with E-state index < -0.39 is 5.97 Å². The van der Waals surface area contributed by atoms with Crippen molar-refractivity contribution in [2.24, 2.45) is 0 Å². The molecule has 1 aromatic carbocycles. The molecule has 134 valence electrons. The zero-order valence-electron chi connectivity index (χ0n) is 14.4. The monoisotopic (exact) mass is 345 g/mol. The summed E-state index contributed by atoms with van der Waals surface area (Å²) in [6.07, 6.45) is 2.20. The van der Waals surface area contributed by atoms with Crippen LogP contribution in [0.5, 0.6) is 0 Å². The first kappa shape index (κ1) is 18.7. The highest BCUT2D eigenvalue weighted by Crippen LogP contribution is 2.15. The molecular formula is C18H23N3O4. The maximum atomic E-state index is 12.5. The third-order valence-corrected chi connectivity index (χ3v) is 3.88. The molecule has 0 bridgehead atoms. The Balaban J connectivity index is 1.96. The topological polar surface area (TPSA) is 91.7 Å². The lowest BCUT2D eigenvalue weighted by molar-refractivity contribution is 0.0526. The fraction of sp³-hybridized carbons (Fsp3) is 0.500. The summed E-state index contributed by atoms with van der Waals surface area (Å²) in [5.41, 5.74) is 1.01. The van der Waals surface area contributed by atoms with Gasteiger partial charge in [-0.3, -0.25) is 0 Å². The summed E-state index contributed by atoms with van der Waals surface area (Å²) >= 11 is 0. The van der Waals surface area contributed by atoms with Crippen LogP contribution in [0.3, 0.4) is 0 Å². The molecule has 1 atom stereocenters. The summed E-state index contributed by atoms with van der Waals surface area (Å²) in [6, 6.07) is 8.29. The van der Waals surface area contributed by atoms with Gasteiger partial charge in [0.25, 0.3) is 0 Å². The molecule has 7 nitrogen and oxygen atoms in total. The highest BCUT2D eigenvalue weighted by Gasteiger charge is 2.22. The number of carbonyl (C=O) groups excluding carboxylic acids is 2. The van der Waals surface area contributed by atoms with Crippen molar-refractivity contribution in [1.29, 1.82) is 5.26 Å². The van der Waals surface area contributed by atoms with E-state index in [4.69, 9.17) is 14.7 Å². The SMILES string of the molecule is CCOC(=O)c1ccc(NC(=O)N(CCC#N)CC2CCCO2)cc1. The molecule has 2 amide bonds. The van der Waals surface area contributed by atoms with Gasteiger partial charge in [0.05, 0.1) is 30.8 Å². The number of esters is 1. The Morgan fingerprint density at radius 1 is 1.40 bits per heavy atom. The highest BCUT2D eigenvalue weighted by molar-refractivity contribution is 5.92. The molecule has 2 rings (SSSR count). The van der Waals surface area contributed by atoms with Crippen molar-refractivity contribution in [1.82, 2.24) is 4.90 Å². The van der Waals surface area contributed by atoms with Crippen LogP contribution in [0.25, 0.3) is 0 Å². The summed E-state index contributed by atoms with van der Waals surface area (Å²) in [7, 11) is 0. The standard InChI is InChI=1S/C18H23N3O4/c1-2-24-17(22)14-6-8-15(9-7-14)20-18(23)21(11-4-10-19)13-16-5-3-12-25-16/h6-9,16H,2-5,11-13H2,1H3,(H,20,23). The molecule has 1 aliphatic rings. The predicted molar refractivity (Wildman–Crippen MR) is 92.2 cm³/mol. The van der Waals surface area contributed by atoms with Crippen LogP contribution >= 0.6 is 0 Å². The average Bonchev–Trinajstić information content (AvgIpc) is 3.12. The van der Waals surface area contributed by atoms with Gasteiger partial charge in [-0.1, -0.05) is 0 Å². The van der Waals surface area contributed by atoms with Crippen LogP contribution in [-0.2, 0) is 9.47 Å². The molecule has 7 heteroatoms. The zero-order valence-corrected chi connectivity index (χ0v) is 14.4. The average molecular weight is 345 g/mol. The first-order valence-electron chi connectivity index (χ1n) is 8.45. The number of hydrogen-bond donors (Lipinski definition) is 1. The van der Waals surface area contributed by atoms with Crippen LogP contribution in [0.15, 0.2) is 24.3 Å². The number of benzene rings is 1. The van der Waals surface area contributed by atoms with Crippen LogP contribution in [-0.4, -0.2) is 49.3 Å². The number of anilines is 1. The lowest BCUT2D eigenvalue weighted by Gasteiger charge is -2.25. The van der Waals surface area contributed by atoms with Gasteiger partial charge in [-0.15, -0.1) is 0 Å². The number of rotatable bonds is 7. The van der Waals surface area contributed by atoms with E-state index in [1.54, 1.807) is 36.1 Å². The Bertz CT molecular complexity index is 618. The van der Waals surface area contributed by atoms with Gasteiger partial charge in [-0.25, -0.2) is 9.59 Å². The second-order valence-corrected chi connectivity index (χ2v) is 5.72. The Labute approximate surface area is 147 Å². The first-order chi connectivity index (χ1) is 12.1. The van der Waals surface area contributed by atoms with Crippen LogP contribution in [0, 0.1) is 11.3 Å². The zero-order chi connectivity index (χ0) is 18.1. The molecule has 0 radical (unpaired) electrons. The van der Waals surface area contributed by atoms with E-state index in [2.05, 4.69) is 11.4 Å². The summed E-state index contributed by atoms with van der Waals surface area (Å²) in [4.78, 5) is 25.7. The number of nitrogens with zero attached hydrogens (tertiary/aromatic N) is 2. The van der Waals surface area contributed by atoms with Crippen LogP contribution in [0.2, 0.25) is 0 Å². The van der Waals surface area contributed by atoms with E-state index in [9.17, 15) is 9.59 Å². The number of urea groups is 1. The van der Waals surface area contributed by atoms with Crippen LogP contribution in [0.1, 0.15) is 36.5 Å². The summed E-state index contributed by atoms with van der Waals surface area (Å²) in [5.74, 6) is -0.394. The van der Waals surface area contributed by atoms with E-state index in [1.807, 2.05) is 0 Å². The predicted octanol–water partition coefficient (Wildman–Crippen LogP) is 2.79. The maximum Gasteiger partial charge on any atom is 0.338 e. The lowest BCUT2D eigenvalue weighted by atomic mass is 10.2. The summed E-state index contributed by atoms with van der Waals surface area (Å²) in [5, 5.41) is 11.6. The minimum Gasteiger partial charge on any atom is -0.462 e. The molecule has 1 aromatic rings. The fourth-order valence-electron chi connectivity index (χ4n) is 2.60. The number of amides is 2. The van der Waals surface area contributed by atoms with E-state index in [1.165, 1.54) is 0 Å². The van der Waals surface area contributed by atoms with Crippen molar-refractivity contribution in [3.05, 3.63) is 29.8 Å². The minimum atomic E-state index is -0.394. The van der Waals surface area contributed by atoms with Gasteiger partial charge < -0.3 is 19.7 Å². The molecule has 1 aliphatic heterocycles. The molecule has 0 aliphatic carbocycles. The Morgan fingerprint density at radius 3 is 2.76 bits per heavy atom. The van der Waals surface area contributed by atoms with Crippen molar-refractivity contribution < 1.29 is 19.1 Å². The molecular weight excluding hydrogens is 322 g/mol. The first-order valence-corrected chi connectivity index (χ1v) is 8.45. The number of ether oxygens (including phenoxy) is 2. The Morgan fingerprint density at radius 2 is 2.16 bits per heavy atom. The van der Waals surface area contributed by atoms with Gasteiger partial charge in [0.2, 0.25) is 0 Å². The molecule has 1 unspecified atom stereocenters. The largest absolute Gasteiger partial charge is 0.462 e. The molecule has 1 fully saturated rings. The lowest BCUT2D eigenvalue weighted by Crippen LogP contribution is -2.40. The molecule has 1 N–H and O–H groups in total. The van der Waals surface area contributed by atoms with Crippen molar-refractivity contribution in [2.75, 3.05) is 31.6 Å². The van der Waals surface area contributed by atoms with Gasteiger partial charge >= 0.3 is 12.0 Å². The van der Waals surface area contributed by atoms with Crippen molar-refractivity contribution in [3.8, 4) is 6.07 Å². The Kier molecular flexibility index (Phi) is 7.23. The van der Waals surface area contributed by atoms with E-state index in [0.717, 1.165) is 12.8 Å². The molecule has 0 saturated carbocycles. The van der Waals surface area contributed by atoms with Gasteiger partial charge in [0.15, 0.2) is 0 Å². The van der Waals surface area contributed by atoms with Crippen molar-refractivity contribution in [2.45, 2.75) is 32.3 Å². The second kappa shape index (κ2) is 9.64. The highest BCUT2D eigenvalue weighted by atomic mass is 16.5. The molecule has 1 heterocycles. The number of nitriles is 1. The van der Waals surface area contributed by atoms with Gasteiger partial charge in [0, 0.05) is 25.4 Å². The number of carbonyl (C=O) groups is 2. The Hall–Kier alpha value is -2.59. The fourth-order valence-corrected chi connectivity index (χ4v) is 2.60. The van der Waals surface area contributed by atoms with Crippen LogP contribution in [0.4, 0.5) is 10.5 Å². The van der Waals surface area contributed by atoms with Crippen molar-refractivity contribution >= 4 is 17.7 Å². The van der Waals surface area contributed by atoms with Crippen LogP contribution < -0.4 is 5.32 Å². The third kappa shape index (κ3) is 5.76. The summed E-state index contributed by atoms with van der Waals surface area (Å²) in [6.45, 7) is 3.59. The normalized spacial score (nSPS) is 16.1. The third-order valence-electron chi connectivity index (χ3n) is 3.88. The molecule has 0 aromatic heterocycles. The van der Waals surface area contributed by atoms with E-state index >= 15 is 0 Å². The molecule has 25 heavy (non-hydrogen) atoms. The number of hydrogen-bond acceptors (Lipinski definition) is 5.